The zero-order chi connectivity index (χ0) is 21.9. The number of amides is 2. The Hall–Kier alpha value is -3.39. The number of carbonyl (C=O) groups is 2. The standard InChI is InChI=1S/C22H25N3O4S/c1-15(2)18-6-4-5-7-19(18)29-14-21(27)24-25-22(30)23-20(26)13-10-16-8-11-17(28-3)12-9-16/h4-13,15H,14H2,1-3H3,(H,24,27)(H2,23,25,26,30)/b13-10+. The fraction of sp³-hybridized carbons (Fsp3) is 0.227. The van der Waals surface area contributed by atoms with Crippen LogP contribution in [0.1, 0.15) is 30.9 Å². The lowest BCUT2D eigenvalue weighted by atomic mass is 10.0. The number of hydrazine groups is 1. The molecule has 0 fully saturated rings. The first-order chi connectivity index (χ1) is 14.4. The highest BCUT2D eigenvalue weighted by Crippen LogP contribution is 2.25. The van der Waals surface area contributed by atoms with Crippen molar-refractivity contribution in [2.45, 2.75) is 19.8 Å². The summed E-state index contributed by atoms with van der Waals surface area (Å²) in [6.07, 6.45) is 2.97. The topological polar surface area (TPSA) is 88.7 Å². The van der Waals surface area contributed by atoms with Gasteiger partial charge in [0.2, 0.25) is 5.91 Å². The molecule has 7 nitrogen and oxygen atoms in total. The number of hydrogen-bond donors (Lipinski definition) is 3. The highest BCUT2D eigenvalue weighted by molar-refractivity contribution is 7.80. The van der Waals surface area contributed by atoms with Crippen LogP contribution in [0, 0.1) is 0 Å². The molecule has 0 heterocycles. The normalized spacial score (nSPS) is 10.5. The lowest BCUT2D eigenvalue weighted by molar-refractivity contribution is -0.123. The molecule has 0 aliphatic rings. The van der Waals surface area contributed by atoms with E-state index in [9.17, 15) is 9.59 Å². The van der Waals surface area contributed by atoms with Crippen molar-refractivity contribution in [3.05, 3.63) is 65.7 Å². The van der Waals surface area contributed by atoms with Gasteiger partial charge in [-0.15, -0.1) is 0 Å². The summed E-state index contributed by atoms with van der Waals surface area (Å²) >= 11 is 5.00. The first kappa shape index (κ1) is 22.9. The molecular weight excluding hydrogens is 402 g/mol. The molecule has 0 aliphatic heterocycles. The van der Waals surface area contributed by atoms with Crippen LogP contribution in [0.5, 0.6) is 11.5 Å². The molecule has 0 bridgehead atoms. The van der Waals surface area contributed by atoms with Crippen molar-refractivity contribution in [3.8, 4) is 11.5 Å². The van der Waals surface area contributed by atoms with Crippen LogP contribution in [-0.4, -0.2) is 30.6 Å². The Morgan fingerprint density at radius 2 is 1.77 bits per heavy atom. The molecule has 0 spiro atoms. The van der Waals surface area contributed by atoms with E-state index in [2.05, 4.69) is 16.2 Å². The second kappa shape index (κ2) is 11.6. The Kier molecular flexibility index (Phi) is 8.83. The van der Waals surface area contributed by atoms with Crippen molar-refractivity contribution in [3.63, 3.8) is 0 Å². The van der Waals surface area contributed by atoms with Crippen LogP contribution in [0.3, 0.4) is 0 Å². The van der Waals surface area contributed by atoms with Gasteiger partial charge in [-0.25, -0.2) is 0 Å². The van der Waals surface area contributed by atoms with Gasteiger partial charge in [0, 0.05) is 6.08 Å². The number of rotatable bonds is 7. The fourth-order valence-corrected chi connectivity index (χ4v) is 2.62. The summed E-state index contributed by atoms with van der Waals surface area (Å²) in [5.41, 5.74) is 6.70. The molecule has 0 atom stereocenters. The molecule has 0 radical (unpaired) electrons. The Labute approximate surface area is 181 Å². The predicted octanol–water partition coefficient (Wildman–Crippen LogP) is 2.93. The number of hydrogen-bond acceptors (Lipinski definition) is 5. The highest BCUT2D eigenvalue weighted by atomic mass is 32.1. The summed E-state index contributed by atoms with van der Waals surface area (Å²) in [5, 5.41) is 2.41. The molecule has 0 unspecified atom stereocenters. The number of carbonyl (C=O) groups excluding carboxylic acids is 2. The SMILES string of the molecule is COc1ccc(/C=C/C(=O)NC(=S)NNC(=O)COc2ccccc2C(C)C)cc1. The Bertz CT molecular complexity index is 911. The lowest BCUT2D eigenvalue weighted by Gasteiger charge is -2.14. The summed E-state index contributed by atoms with van der Waals surface area (Å²) < 4.78 is 10.7. The van der Waals surface area contributed by atoms with Gasteiger partial charge < -0.3 is 9.47 Å². The predicted molar refractivity (Wildman–Crippen MR) is 120 cm³/mol. The number of ether oxygens (including phenoxy) is 2. The molecule has 2 aromatic rings. The van der Waals surface area contributed by atoms with E-state index in [1.165, 1.54) is 6.08 Å². The molecule has 0 aliphatic carbocycles. The summed E-state index contributed by atoms with van der Waals surface area (Å²) in [4.78, 5) is 23.9. The van der Waals surface area contributed by atoms with E-state index in [1.54, 1.807) is 25.3 Å². The molecule has 8 heteroatoms. The Morgan fingerprint density at radius 1 is 1.07 bits per heavy atom. The van der Waals surface area contributed by atoms with Gasteiger partial charge in [-0.05, 0) is 53.5 Å². The van der Waals surface area contributed by atoms with E-state index < -0.39 is 11.8 Å². The third-order valence-corrected chi connectivity index (χ3v) is 4.20. The maximum absolute atomic E-state index is 12.0. The fourth-order valence-electron chi connectivity index (χ4n) is 2.47. The van der Waals surface area contributed by atoms with Crippen molar-refractivity contribution in [1.29, 1.82) is 0 Å². The van der Waals surface area contributed by atoms with Gasteiger partial charge in [-0.2, -0.15) is 0 Å². The second-order valence-corrected chi connectivity index (χ2v) is 6.99. The largest absolute Gasteiger partial charge is 0.497 e. The van der Waals surface area contributed by atoms with Gasteiger partial charge in [0.05, 0.1) is 7.11 Å². The zero-order valence-corrected chi connectivity index (χ0v) is 17.9. The van der Waals surface area contributed by atoms with Crippen LogP contribution in [0.15, 0.2) is 54.6 Å². The van der Waals surface area contributed by atoms with Gasteiger partial charge in [0.25, 0.3) is 5.91 Å². The minimum atomic E-state index is -0.432. The van der Waals surface area contributed by atoms with Crippen molar-refractivity contribution in [1.82, 2.24) is 16.2 Å². The first-order valence-electron chi connectivity index (χ1n) is 9.32. The van der Waals surface area contributed by atoms with Crippen molar-refractivity contribution in [2.75, 3.05) is 13.7 Å². The summed E-state index contributed by atoms with van der Waals surface area (Å²) in [6, 6.07) is 14.8. The average molecular weight is 428 g/mol. The summed E-state index contributed by atoms with van der Waals surface area (Å²) in [6.45, 7) is 3.91. The van der Waals surface area contributed by atoms with Crippen molar-refractivity contribution >= 4 is 35.2 Å². The first-order valence-corrected chi connectivity index (χ1v) is 9.73. The van der Waals surface area contributed by atoms with Gasteiger partial charge >= 0.3 is 0 Å². The maximum atomic E-state index is 12.0. The van der Waals surface area contributed by atoms with Crippen LogP contribution in [0.25, 0.3) is 6.08 Å². The van der Waals surface area contributed by atoms with E-state index >= 15 is 0 Å². The average Bonchev–Trinajstić information content (AvgIpc) is 2.75. The molecule has 2 rings (SSSR count). The van der Waals surface area contributed by atoms with E-state index in [-0.39, 0.29) is 17.6 Å². The number of nitrogens with one attached hydrogen (secondary N) is 3. The molecule has 0 saturated carbocycles. The van der Waals surface area contributed by atoms with Crippen LogP contribution < -0.4 is 25.6 Å². The summed E-state index contributed by atoms with van der Waals surface area (Å²) in [5.74, 6) is 0.798. The quantitative estimate of drug-likeness (QED) is 0.358. The monoisotopic (exact) mass is 427 g/mol. The van der Waals surface area contributed by atoms with Gasteiger partial charge in [0.1, 0.15) is 11.5 Å². The van der Waals surface area contributed by atoms with E-state index in [0.717, 1.165) is 16.9 Å². The highest BCUT2D eigenvalue weighted by Gasteiger charge is 2.09. The number of thiocarbonyl (C=S) groups is 1. The van der Waals surface area contributed by atoms with Gasteiger partial charge in [-0.1, -0.05) is 44.2 Å². The molecular formula is C22H25N3O4S. The zero-order valence-electron chi connectivity index (χ0n) is 17.1. The molecule has 0 aromatic heterocycles. The van der Waals surface area contributed by atoms with Gasteiger partial charge in [-0.3, -0.25) is 25.8 Å². The van der Waals surface area contributed by atoms with E-state index in [4.69, 9.17) is 21.7 Å². The van der Waals surface area contributed by atoms with Gasteiger partial charge in [0.15, 0.2) is 11.7 Å². The number of para-hydroxylation sites is 1. The molecule has 2 aromatic carbocycles. The van der Waals surface area contributed by atoms with Crippen LogP contribution in [-0.2, 0) is 9.59 Å². The third kappa shape index (κ3) is 7.56. The minimum Gasteiger partial charge on any atom is -0.497 e. The van der Waals surface area contributed by atoms with Crippen LogP contribution in [0.4, 0.5) is 0 Å². The van der Waals surface area contributed by atoms with Crippen LogP contribution in [0.2, 0.25) is 0 Å². The smallest absolute Gasteiger partial charge is 0.276 e. The van der Waals surface area contributed by atoms with Crippen molar-refractivity contribution in [2.24, 2.45) is 0 Å². The van der Waals surface area contributed by atoms with E-state index in [0.29, 0.717) is 5.75 Å². The number of benzene rings is 2. The lowest BCUT2D eigenvalue weighted by Crippen LogP contribution is -2.49. The molecule has 3 N–H and O–H groups in total. The van der Waals surface area contributed by atoms with E-state index in [1.807, 2.05) is 50.2 Å². The molecule has 2 amide bonds. The molecule has 0 saturated heterocycles. The van der Waals surface area contributed by atoms with Crippen molar-refractivity contribution < 1.29 is 19.1 Å². The minimum absolute atomic E-state index is 0.0321. The number of methoxy groups -OCH3 is 1. The summed E-state index contributed by atoms with van der Waals surface area (Å²) in [7, 11) is 1.59. The second-order valence-electron chi connectivity index (χ2n) is 6.58. The third-order valence-electron chi connectivity index (χ3n) is 3.99. The molecule has 30 heavy (non-hydrogen) atoms. The molecule has 158 valence electrons. The van der Waals surface area contributed by atoms with Crippen LogP contribution >= 0.6 is 12.2 Å². The Morgan fingerprint density at radius 3 is 2.43 bits per heavy atom. The maximum Gasteiger partial charge on any atom is 0.276 e. The Balaban J connectivity index is 1.73.